The number of hydrogen-bond donors (Lipinski definition) is 1. The van der Waals surface area contributed by atoms with Gasteiger partial charge in [-0.15, -0.1) is 0 Å². The second-order valence-corrected chi connectivity index (χ2v) is 4.34. The van der Waals surface area contributed by atoms with Gasteiger partial charge in [-0.25, -0.2) is 0 Å². The topological polar surface area (TPSA) is 44.5 Å². The first kappa shape index (κ1) is 11.9. The van der Waals surface area contributed by atoms with E-state index in [0.29, 0.717) is 18.2 Å². The summed E-state index contributed by atoms with van der Waals surface area (Å²) in [7, 11) is 0. The van der Waals surface area contributed by atoms with Crippen LogP contribution in [0.4, 0.5) is 0 Å². The molecule has 0 aromatic heterocycles. The van der Waals surface area contributed by atoms with Crippen LogP contribution in [-0.2, 0) is 15.3 Å². The van der Waals surface area contributed by atoms with Gasteiger partial charge in [0.2, 0.25) is 0 Å². The molecule has 2 N–H and O–H groups in total. The molecule has 2 unspecified atom stereocenters. The van der Waals surface area contributed by atoms with Crippen LogP contribution in [0.2, 0.25) is 5.02 Å². The van der Waals surface area contributed by atoms with Crippen molar-refractivity contribution in [2.24, 2.45) is 5.73 Å². The fourth-order valence-electron chi connectivity index (χ4n) is 1.95. The van der Waals surface area contributed by atoms with Crippen LogP contribution in [0, 0.1) is 0 Å². The van der Waals surface area contributed by atoms with Crippen molar-refractivity contribution in [3.8, 4) is 0 Å². The van der Waals surface area contributed by atoms with Crippen LogP contribution in [0.3, 0.4) is 0 Å². The summed E-state index contributed by atoms with van der Waals surface area (Å²) in [6, 6.07) is 7.58. The molecule has 2 rings (SSSR count). The van der Waals surface area contributed by atoms with Crippen molar-refractivity contribution in [3.63, 3.8) is 0 Å². The number of hydrogen-bond acceptors (Lipinski definition) is 3. The zero-order valence-corrected chi connectivity index (χ0v) is 10.0. The van der Waals surface area contributed by atoms with E-state index in [9.17, 15) is 0 Å². The summed E-state index contributed by atoms with van der Waals surface area (Å²) in [5.41, 5.74) is 6.54. The number of nitrogens with two attached hydrogens (primary N) is 1. The van der Waals surface area contributed by atoms with Gasteiger partial charge < -0.3 is 15.2 Å². The van der Waals surface area contributed by atoms with Gasteiger partial charge in [-0.3, -0.25) is 0 Å². The third-order valence-electron chi connectivity index (χ3n) is 2.85. The molecule has 1 aliphatic rings. The molecular formula is C12H16ClNO2. The van der Waals surface area contributed by atoms with Crippen molar-refractivity contribution in [2.75, 3.05) is 13.2 Å². The fraction of sp³-hybridized carbons (Fsp3) is 0.500. The maximum atomic E-state index is 5.98. The maximum Gasteiger partial charge on any atom is 0.195 e. The summed E-state index contributed by atoms with van der Waals surface area (Å²) < 4.78 is 11.7. The van der Waals surface area contributed by atoms with E-state index in [1.165, 1.54) is 0 Å². The lowest BCUT2D eigenvalue weighted by atomic mass is 10.0. The molecule has 1 saturated heterocycles. The van der Waals surface area contributed by atoms with Gasteiger partial charge in [0.25, 0.3) is 0 Å². The Bertz CT molecular complexity index is 372. The summed E-state index contributed by atoms with van der Waals surface area (Å²) in [6.45, 7) is 3.04. The van der Waals surface area contributed by atoms with Crippen LogP contribution in [0.15, 0.2) is 24.3 Å². The lowest BCUT2D eigenvalue weighted by molar-refractivity contribution is -0.177. The van der Waals surface area contributed by atoms with E-state index in [1.807, 2.05) is 31.2 Å². The predicted molar refractivity (Wildman–Crippen MR) is 63.3 cm³/mol. The number of ether oxygens (including phenoxy) is 2. The largest absolute Gasteiger partial charge is 0.343 e. The normalized spacial score (nSPS) is 29.6. The average molecular weight is 242 g/mol. The Balaban J connectivity index is 2.29. The van der Waals surface area contributed by atoms with Crippen molar-refractivity contribution in [1.29, 1.82) is 0 Å². The first-order chi connectivity index (χ1) is 7.70. The van der Waals surface area contributed by atoms with Gasteiger partial charge in [0, 0.05) is 23.6 Å². The van der Waals surface area contributed by atoms with Crippen molar-refractivity contribution in [3.05, 3.63) is 34.9 Å². The Labute approximate surface area is 100 Å². The van der Waals surface area contributed by atoms with E-state index < -0.39 is 5.79 Å². The van der Waals surface area contributed by atoms with E-state index in [2.05, 4.69) is 0 Å². The highest BCUT2D eigenvalue weighted by Gasteiger charge is 2.41. The van der Waals surface area contributed by atoms with E-state index in [-0.39, 0.29) is 6.10 Å². The predicted octanol–water partition coefficient (Wildman–Crippen LogP) is 2.28. The fourth-order valence-corrected chi connectivity index (χ4v) is 2.14. The van der Waals surface area contributed by atoms with E-state index in [4.69, 9.17) is 26.8 Å². The molecule has 1 fully saturated rings. The molecule has 0 saturated carbocycles. The van der Waals surface area contributed by atoms with E-state index in [0.717, 1.165) is 12.0 Å². The standard InChI is InChI=1S/C12H16ClNO2/c1-2-12(15-8-11(7-14)16-12)9-4-3-5-10(13)6-9/h3-6,11H,2,7-8,14H2,1H3. The molecule has 1 aromatic carbocycles. The van der Waals surface area contributed by atoms with Crippen LogP contribution in [0.5, 0.6) is 0 Å². The van der Waals surface area contributed by atoms with Crippen LogP contribution in [0.25, 0.3) is 0 Å². The summed E-state index contributed by atoms with van der Waals surface area (Å²) in [4.78, 5) is 0. The molecule has 1 heterocycles. The quantitative estimate of drug-likeness (QED) is 0.883. The van der Waals surface area contributed by atoms with Gasteiger partial charge in [0.1, 0.15) is 0 Å². The van der Waals surface area contributed by atoms with Gasteiger partial charge in [-0.1, -0.05) is 30.7 Å². The van der Waals surface area contributed by atoms with Gasteiger partial charge >= 0.3 is 0 Å². The molecule has 1 aliphatic heterocycles. The van der Waals surface area contributed by atoms with Crippen molar-refractivity contribution in [1.82, 2.24) is 0 Å². The lowest BCUT2D eigenvalue weighted by Crippen LogP contribution is -2.29. The number of rotatable bonds is 3. The zero-order chi connectivity index (χ0) is 11.6. The van der Waals surface area contributed by atoms with Gasteiger partial charge in [0.05, 0.1) is 12.7 Å². The van der Waals surface area contributed by atoms with Crippen LogP contribution in [0.1, 0.15) is 18.9 Å². The number of benzene rings is 1. The minimum absolute atomic E-state index is 0.0288. The minimum atomic E-state index is -0.672. The average Bonchev–Trinajstić information content (AvgIpc) is 2.74. The highest BCUT2D eigenvalue weighted by Crippen LogP contribution is 2.37. The molecule has 2 atom stereocenters. The summed E-state index contributed by atoms with van der Waals surface area (Å²) in [5.74, 6) is -0.672. The van der Waals surface area contributed by atoms with Crippen molar-refractivity contribution < 1.29 is 9.47 Å². The first-order valence-corrected chi connectivity index (χ1v) is 5.86. The third-order valence-corrected chi connectivity index (χ3v) is 3.09. The molecule has 88 valence electrons. The van der Waals surface area contributed by atoms with Crippen molar-refractivity contribution in [2.45, 2.75) is 25.2 Å². The molecule has 0 bridgehead atoms. The Morgan fingerprint density at radius 3 is 2.94 bits per heavy atom. The Hall–Kier alpha value is -0.610. The summed E-state index contributed by atoms with van der Waals surface area (Å²) >= 11 is 5.98. The zero-order valence-electron chi connectivity index (χ0n) is 9.28. The molecule has 16 heavy (non-hydrogen) atoms. The summed E-state index contributed by atoms with van der Waals surface area (Å²) in [5, 5.41) is 0.689. The Morgan fingerprint density at radius 2 is 2.38 bits per heavy atom. The molecule has 0 amide bonds. The maximum absolute atomic E-state index is 5.98. The number of halogens is 1. The van der Waals surface area contributed by atoms with E-state index in [1.54, 1.807) is 0 Å². The highest BCUT2D eigenvalue weighted by molar-refractivity contribution is 6.30. The molecule has 0 spiro atoms. The second-order valence-electron chi connectivity index (χ2n) is 3.90. The first-order valence-electron chi connectivity index (χ1n) is 5.48. The highest BCUT2D eigenvalue weighted by atomic mass is 35.5. The van der Waals surface area contributed by atoms with Crippen molar-refractivity contribution >= 4 is 11.6 Å². The van der Waals surface area contributed by atoms with Crippen LogP contribution in [-0.4, -0.2) is 19.3 Å². The molecule has 3 nitrogen and oxygen atoms in total. The molecule has 4 heteroatoms. The smallest absolute Gasteiger partial charge is 0.195 e. The Morgan fingerprint density at radius 1 is 1.56 bits per heavy atom. The molecule has 0 aliphatic carbocycles. The lowest BCUT2D eigenvalue weighted by Gasteiger charge is -2.27. The van der Waals surface area contributed by atoms with Gasteiger partial charge in [-0.05, 0) is 12.1 Å². The van der Waals surface area contributed by atoms with Gasteiger partial charge in [-0.2, -0.15) is 0 Å². The molecule has 0 radical (unpaired) electrons. The Kier molecular flexibility index (Phi) is 3.50. The van der Waals surface area contributed by atoms with Gasteiger partial charge in [0.15, 0.2) is 5.79 Å². The molecular weight excluding hydrogens is 226 g/mol. The van der Waals surface area contributed by atoms with E-state index >= 15 is 0 Å². The van der Waals surface area contributed by atoms with Crippen LogP contribution >= 0.6 is 11.6 Å². The summed E-state index contributed by atoms with van der Waals surface area (Å²) in [6.07, 6.45) is 0.711. The minimum Gasteiger partial charge on any atom is -0.343 e. The SMILES string of the molecule is CCC1(c2cccc(Cl)c2)OCC(CN)O1. The monoisotopic (exact) mass is 241 g/mol. The molecule has 1 aromatic rings. The van der Waals surface area contributed by atoms with Crippen LogP contribution < -0.4 is 5.73 Å². The second kappa shape index (κ2) is 4.72. The third kappa shape index (κ3) is 2.09.